The van der Waals surface area contributed by atoms with Gasteiger partial charge in [-0.2, -0.15) is 5.10 Å². The molecule has 0 aliphatic rings. The summed E-state index contributed by atoms with van der Waals surface area (Å²) in [7, 11) is 0. The van der Waals surface area contributed by atoms with Crippen LogP contribution < -0.4 is 0 Å². The number of amides is 1. The Kier molecular flexibility index (Phi) is 3.79. The zero-order valence-electron chi connectivity index (χ0n) is 10.6. The summed E-state index contributed by atoms with van der Waals surface area (Å²) in [5.41, 5.74) is 1.23. The van der Waals surface area contributed by atoms with Gasteiger partial charge in [-0.15, -0.1) is 0 Å². The largest absolute Gasteiger partial charge is 0.480 e. The standard InChI is InChI=1S/C13H15N3O3/c1-2-5-16(8-12(17)18)13(19)9-3-4-10-7-14-15-11(10)6-9/h3-4,6-7H,2,5,8H2,1H3,(H,14,15)(H,17,18). The molecule has 0 radical (unpaired) electrons. The number of nitrogens with one attached hydrogen (secondary N) is 1. The number of carbonyl (C=O) groups is 2. The Morgan fingerprint density at radius 3 is 2.89 bits per heavy atom. The first-order valence-electron chi connectivity index (χ1n) is 6.06. The second kappa shape index (κ2) is 5.51. The summed E-state index contributed by atoms with van der Waals surface area (Å²) in [6, 6.07) is 5.16. The molecule has 0 aliphatic carbocycles. The third-order valence-corrected chi connectivity index (χ3v) is 2.80. The number of aromatic nitrogens is 2. The molecule has 0 bridgehead atoms. The van der Waals surface area contributed by atoms with Gasteiger partial charge in [0.15, 0.2) is 0 Å². The molecular formula is C13H15N3O3. The lowest BCUT2D eigenvalue weighted by Crippen LogP contribution is -2.36. The van der Waals surface area contributed by atoms with Gasteiger partial charge in [0.2, 0.25) is 0 Å². The number of fused-ring (bicyclic) bond motifs is 1. The van der Waals surface area contributed by atoms with Crippen molar-refractivity contribution in [1.82, 2.24) is 15.1 Å². The molecule has 0 saturated carbocycles. The van der Waals surface area contributed by atoms with E-state index in [1.165, 1.54) is 4.90 Å². The van der Waals surface area contributed by atoms with E-state index < -0.39 is 5.97 Å². The van der Waals surface area contributed by atoms with Gasteiger partial charge in [0.05, 0.1) is 11.7 Å². The zero-order chi connectivity index (χ0) is 13.8. The summed E-state index contributed by atoms with van der Waals surface area (Å²) >= 11 is 0. The molecule has 0 saturated heterocycles. The van der Waals surface area contributed by atoms with Crippen molar-refractivity contribution in [3.8, 4) is 0 Å². The van der Waals surface area contributed by atoms with E-state index in [2.05, 4.69) is 10.2 Å². The van der Waals surface area contributed by atoms with Crippen molar-refractivity contribution in [3.05, 3.63) is 30.0 Å². The van der Waals surface area contributed by atoms with Gasteiger partial charge in [0.25, 0.3) is 5.91 Å². The molecule has 0 atom stereocenters. The van der Waals surface area contributed by atoms with Crippen LogP contribution in [0.25, 0.3) is 10.9 Å². The van der Waals surface area contributed by atoms with Crippen molar-refractivity contribution < 1.29 is 14.7 Å². The number of nitrogens with zero attached hydrogens (tertiary/aromatic N) is 2. The Labute approximate surface area is 110 Å². The van der Waals surface area contributed by atoms with Gasteiger partial charge in [0, 0.05) is 17.5 Å². The number of H-pyrrole nitrogens is 1. The summed E-state index contributed by atoms with van der Waals surface area (Å²) in [4.78, 5) is 24.4. The maximum Gasteiger partial charge on any atom is 0.323 e. The van der Waals surface area contributed by atoms with Crippen molar-refractivity contribution in [2.75, 3.05) is 13.1 Å². The van der Waals surface area contributed by atoms with Crippen molar-refractivity contribution in [1.29, 1.82) is 0 Å². The summed E-state index contributed by atoms with van der Waals surface area (Å²) in [6.07, 6.45) is 2.38. The lowest BCUT2D eigenvalue weighted by molar-refractivity contribution is -0.137. The molecule has 2 N–H and O–H groups in total. The minimum absolute atomic E-state index is 0.277. The first-order valence-corrected chi connectivity index (χ1v) is 6.06. The molecule has 1 amide bonds. The molecule has 0 unspecified atom stereocenters. The van der Waals surface area contributed by atoms with E-state index in [4.69, 9.17) is 5.11 Å². The van der Waals surface area contributed by atoms with Gasteiger partial charge in [-0.05, 0) is 18.6 Å². The van der Waals surface area contributed by atoms with Crippen LogP contribution in [0.2, 0.25) is 0 Å². The van der Waals surface area contributed by atoms with E-state index in [9.17, 15) is 9.59 Å². The fourth-order valence-electron chi connectivity index (χ4n) is 1.94. The Morgan fingerprint density at radius 1 is 1.42 bits per heavy atom. The lowest BCUT2D eigenvalue weighted by atomic mass is 10.1. The summed E-state index contributed by atoms with van der Waals surface area (Å²) in [5, 5.41) is 16.4. The van der Waals surface area contributed by atoms with Gasteiger partial charge in [-0.3, -0.25) is 14.7 Å². The van der Waals surface area contributed by atoms with Crippen LogP contribution in [-0.4, -0.2) is 45.2 Å². The first kappa shape index (κ1) is 13.1. The number of rotatable bonds is 5. The Balaban J connectivity index is 2.26. The normalized spacial score (nSPS) is 10.6. The van der Waals surface area contributed by atoms with Crippen molar-refractivity contribution in [2.45, 2.75) is 13.3 Å². The van der Waals surface area contributed by atoms with E-state index >= 15 is 0 Å². The molecule has 6 nitrogen and oxygen atoms in total. The second-order valence-corrected chi connectivity index (χ2v) is 4.29. The highest BCUT2D eigenvalue weighted by Gasteiger charge is 2.18. The third-order valence-electron chi connectivity index (χ3n) is 2.80. The molecule has 0 aliphatic heterocycles. The molecule has 6 heteroatoms. The average molecular weight is 261 g/mol. The van der Waals surface area contributed by atoms with Gasteiger partial charge < -0.3 is 10.0 Å². The highest BCUT2D eigenvalue weighted by molar-refractivity contribution is 5.98. The highest BCUT2D eigenvalue weighted by atomic mass is 16.4. The molecule has 100 valence electrons. The predicted molar refractivity (Wildman–Crippen MR) is 69.9 cm³/mol. The number of aromatic amines is 1. The smallest absolute Gasteiger partial charge is 0.323 e. The van der Waals surface area contributed by atoms with E-state index in [1.807, 2.05) is 6.92 Å². The van der Waals surface area contributed by atoms with Gasteiger partial charge in [-0.1, -0.05) is 13.0 Å². The second-order valence-electron chi connectivity index (χ2n) is 4.29. The lowest BCUT2D eigenvalue weighted by Gasteiger charge is -2.19. The molecule has 0 spiro atoms. The summed E-state index contributed by atoms with van der Waals surface area (Å²) in [6.45, 7) is 2.04. The quantitative estimate of drug-likeness (QED) is 0.854. The molecule has 0 fully saturated rings. The molecule has 1 aromatic carbocycles. The monoisotopic (exact) mass is 261 g/mol. The fourth-order valence-corrected chi connectivity index (χ4v) is 1.94. The molecule has 19 heavy (non-hydrogen) atoms. The Bertz CT molecular complexity index is 606. The first-order chi connectivity index (χ1) is 9.11. The number of carbonyl (C=O) groups excluding carboxylic acids is 1. The van der Waals surface area contributed by atoms with Crippen molar-refractivity contribution >= 4 is 22.8 Å². The number of aliphatic carboxylic acids is 1. The molecule has 1 heterocycles. The van der Waals surface area contributed by atoms with E-state index in [1.54, 1.807) is 24.4 Å². The maximum atomic E-state index is 12.3. The number of benzene rings is 1. The summed E-state index contributed by atoms with van der Waals surface area (Å²) in [5.74, 6) is -1.29. The summed E-state index contributed by atoms with van der Waals surface area (Å²) < 4.78 is 0. The molecule has 1 aromatic heterocycles. The van der Waals surface area contributed by atoms with Crippen LogP contribution in [-0.2, 0) is 4.79 Å². The average Bonchev–Trinajstić information content (AvgIpc) is 2.84. The Morgan fingerprint density at radius 2 is 2.21 bits per heavy atom. The van der Waals surface area contributed by atoms with Crippen molar-refractivity contribution in [2.24, 2.45) is 0 Å². The van der Waals surface area contributed by atoms with Crippen molar-refractivity contribution in [3.63, 3.8) is 0 Å². The maximum absolute atomic E-state index is 12.3. The zero-order valence-corrected chi connectivity index (χ0v) is 10.6. The highest BCUT2D eigenvalue weighted by Crippen LogP contribution is 2.14. The van der Waals surface area contributed by atoms with Crippen LogP contribution in [0, 0.1) is 0 Å². The molecular weight excluding hydrogens is 246 g/mol. The number of carboxylic acid groups (broad SMARTS) is 1. The topological polar surface area (TPSA) is 86.3 Å². The van der Waals surface area contributed by atoms with Crippen LogP contribution in [0.5, 0.6) is 0 Å². The van der Waals surface area contributed by atoms with E-state index in [0.717, 1.165) is 10.9 Å². The number of hydrogen-bond donors (Lipinski definition) is 2. The Hall–Kier alpha value is -2.37. The number of carboxylic acids is 1. The number of hydrogen-bond acceptors (Lipinski definition) is 3. The SMILES string of the molecule is CCCN(CC(=O)O)C(=O)c1ccc2cn[nH]c2c1. The van der Waals surface area contributed by atoms with Crippen LogP contribution in [0.4, 0.5) is 0 Å². The van der Waals surface area contributed by atoms with Crippen LogP contribution in [0.15, 0.2) is 24.4 Å². The van der Waals surface area contributed by atoms with Crippen LogP contribution in [0.3, 0.4) is 0 Å². The van der Waals surface area contributed by atoms with Gasteiger partial charge in [0.1, 0.15) is 6.54 Å². The van der Waals surface area contributed by atoms with E-state index in [-0.39, 0.29) is 12.5 Å². The van der Waals surface area contributed by atoms with Crippen LogP contribution in [0.1, 0.15) is 23.7 Å². The predicted octanol–water partition coefficient (Wildman–Crippen LogP) is 1.50. The van der Waals surface area contributed by atoms with Gasteiger partial charge >= 0.3 is 5.97 Å². The molecule has 2 aromatic rings. The minimum atomic E-state index is -1.01. The van der Waals surface area contributed by atoms with E-state index in [0.29, 0.717) is 18.5 Å². The third kappa shape index (κ3) is 2.90. The van der Waals surface area contributed by atoms with Gasteiger partial charge in [-0.25, -0.2) is 0 Å². The minimum Gasteiger partial charge on any atom is -0.480 e. The van der Waals surface area contributed by atoms with Crippen LogP contribution >= 0.6 is 0 Å². The molecule has 2 rings (SSSR count). The fraction of sp³-hybridized carbons (Fsp3) is 0.308.